The van der Waals surface area contributed by atoms with E-state index in [1.54, 1.807) is 0 Å². The summed E-state index contributed by atoms with van der Waals surface area (Å²) in [6, 6.07) is 6.67. The van der Waals surface area contributed by atoms with Crippen LogP contribution in [-0.4, -0.2) is 24.1 Å². The lowest BCUT2D eigenvalue weighted by molar-refractivity contribution is 0.480. The highest BCUT2D eigenvalue weighted by Gasteiger charge is 2.13. The lowest BCUT2D eigenvalue weighted by atomic mass is 10.1. The number of fused-ring (bicyclic) bond motifs is 1. The minimum absolute atomic E-state index is 0.522. The van der Waals surface area contributed by atoms with E-state index < -0.39 is 0 Å². The van der Waals surface area contributed by atoms with Gasteiger partial charge in [0.2, 0.25) is 0 Å². The van der Waals surface area contributed by atoms with E-state index in [4.69, 9.17) is 4.42 Å². The van der Waals surface area contributed by atoms with Gasteiger partial charge < -0.3 is 15.1 Å². The summed E-state index contributed by atoms with van der Waals surface area (Å²) in [5.41, 5.74) is 2.95. The lowest BCUT2D eigenvalue weighted by Gasteiger charge is -2.24. The van der Waals surface area contributed by atoms with Gasteiger partial charge in [0, 0.05) is 24.7 Å². The van der Waals surface area contributed by atoms with Crippen LogP contribution in [0.5, 0.6) is 0 Å². The second-order valence-corrected chi connectivity index (χ2v) is 4.83. The van der Waals surface area contributed by atoms with Gasteiger partial charge in [0.25, 0.3) is 0 Å². The van der Waals surface area contributed by atoms with Crippen LogP contribution < -0.4 is 10.6 Å². The Morgan fingerprint density at radius 3 is 3.22 bits per heavy atom. The van der Waals surface area contributed by atoms with Crippen LogP contribution in [-0.2, 0) is 6.42 Å². The van der Waals surface area contributed by atoms with Gasteiger partial charge in [0.1, 0.15) is 5.52 Å². The molecule has 4 nitrogen and oxygen atoms in total. The summed E-state index contributed by atoms with van der Waals surface area (Å²) in [4.78, 5) is 4.46. The highest BCUT2D eigenvalue weighted by atomic mass is 16.3. The van der Waals surface area contributed by atoms with Crippen molar-refractivity contribution >= 4 is 16.8 Å². The number of rotatable bonds is 3. The van der Waals surface area contributed by atoms with Gasteiger partial charge in [-0.1, -0.05) is 6.92 Å². The van der Waals surface area contributed by atoms with Crippen LogP contribution in [0.25, 0.3) is 11.1 Å². The fraction of sp³-hybridized carbons (Fsp3) is 0.500. The number of piperidine rings is 1. The molecule has 0 amide bonds. The van der Waals surface area contributed by atoms with E-state index in [0.29, 0.717) is 6.04 Å². The maximum absolute atomic E-state index is 5.61. The third-order valence-electron chi connectivity index (χ3n) is 3.40. The molecule has 1 fully saturated rings. The zero-order chi connectivity index (χ0) is 12.4. The summed E-state index contributed by atoms with van der Waals surface area (Å²) in [6.45, 7) is 4.23. The van der Waals surface area contributed by atoms with Gasteiger partial charge in [-0.15, -0.1) is 0 Å². The molecule has 2 aromatic rings. The molecule has 2 heterocycles. The molecule has 1 aromatic carbocycles. The van der Waals surface area contributed by atoms with Crippen molar-refractivity contribution in [3.05, 3.63) is 24.1 Å². The van der Waals surface area contributed by atoms with Crippen molar-refractivity contribution in [2.45, 2.75) is 32.2 Å². The summed E-state index contributed by atoms with van der Waals surface area (Å²) in [5.74, 6) is 0.807. The predicted molar refractivity (Wildman–Crippen MR) is 72.9 cm³/mol. The van der Waals surface area contributed by atoms with Crippen molar-refractivity contribution in [1.29, 1.82) is 0 Å². The van der Waals surface area contributed by atoms with Gasteiger partial charge in [0.15, 0.2) is 11.5 Å². The van der Waals surface area contributed by atoms with Crippen molar-refractivity contribution in [3.8, 4) is 0 Å². The first-order chi connectivity index (χ1) is 8.85. The van der Waals surface area contributed by atoms with Crippen LogP contribution in [0.1, 0.15) is 25.7 Å². The summed E-state index contributed by atoms with van der Waals surface area (Å²) < 4.78 is 5.61. The van der Waals surface area contributed by atoms with Crippen molar-refractivity contribution in [3.63, 3.8) is 0 Å². The lowest BCUT2D eigenvalue weighted by Crippen LogP contribution is -2.38. The molecule has 1 aromatic heterocycles. The molecule has 0 radical (unpaired) electrons. The van der Waals surface area contributed by atoms with Crippen LogP contribution >= 0.6 is 0 Å². The molecule has 0 saturated carbocycles. The molecule has 1 aliphatic heterocycles. The molecule has 0 spiro atoms. The standard InChI is InChI=1S/C14H19N3O/c1-2-14-17-12-8-10(5-6-13(12)18-14)16-11-4-3-7-15-9-11/h5-6,8,11,15-16H,2-4,7,9H2,1H3. The monoisotopic (exact) mass is 245 g/mol. The first-order valence-electron chi connectivity index (χ1n) is 6.72. The largest absolute Gasteiger partial charge is 0.441 e. The number of oxazole rings is 1. The minimum Gasteiger partial charge on any atom is -0.441 e. The fourth-order valence-corrected chi connectivity index (χ4v) is 2.43. The fourth-order valence-electron chi connectivity index (χ4n) is 2.43. The Morgan fingerprint density at radius 1 is 1.50 bits per heavy atom. The molecule has 0 aliphatic carbocycles. The van der Waals surface area contributed by atoms with E-state index in [1.807, 2.05) is 6.07 Å². The average molecular weight is 245 g/mol. The van der Waals surface area contributed by atoms with Crippen molar-refractivity contribution in [2.75, 3.05) is 18.4 Å². The summed E-state index contributed by atoms with van der Waals surface area (Å²) >= 11 is 0. The first-order valence-corrected chi connectivity index (χ1v) is 6.72. The number of aromatic nitrogens is 1. The average Bonchev–Trinajstić information content (AvgIpc) is 2.82. The summed E-state index contributed by atoms with van der Waals surface area (Å²) in [5, 5.41) is 6.96. The van der Waals surface area contributed by atoms with Crippen LogP contribution in [0, 0.1) is 0 Å². The van der Waals surface area contributed by atoms with E-state index in [1.165, 1.54) is 12.8 Å². The molecule has 0 bridgehead atoms. The number of hydrogen-bond acceptors (Lipinski definition) is 4. The van der Waals surface area contributed by atoms with E-state index in [-0.39, 0.29) is 0 Å². The Balaban J connectivity index is 1.79. The van der Waals surface area contributed by atoms with Gasteiger partial charge in [-0.2, -0.15) is 0 Å². The van der Waals surface area contributed by atoms with Crippen LogP contribution in [0.3, 0.4) is 0 Å². The second kappa shape index (κ2) is 4.98. The molecule has 1 saturated heterocycles. The molecule has 18 heavy (non-hydrogen) atoms. The van der Waals surface area contributed by atoms with Gasteiger partial charge in [-0.25, -0.2) is 4.98 Å². The topological polar surface area (TPSA) is 50.1 Å². The van der Waals surface area contributed by atoms with Crippen molar-refractivity contribution in [2.24, 2.45) is 0 Å². The third kappa shape index (κ3) is 2.34. The Morgan fingerprint density at radius 2 is 2.44 bits per heavy atom. The number of anilines is 1. The number of nitrogens with zero attached hydrogens (tertiary/aromatic N) is 1. The smallest absolute Gasteiger partial charge is 0.195 e. The highest BCUT2D eigenvalue weighted by molar-refractivity contribution is 5.77. The number of aryl methyl sites for hydroxylation is 1. The molecular formula is C14H19N3O. The molecule has 1 atom stereocenters. The second-order valence-electron chi connectivity index (χ2n) is 4.83. The third-order valence-corrected chi connectivity index (χ3v) is 3.40. The molecule has 2 N–H and O–H groups in total. The number of benzene rings is 1. The van der Waals surface area contributed by atoms with E-state index >= 15 is 0 Å². The first kappa shape index (κ1) is 11.5. The molecule has 1 aliphatic rings. The van der Waals surface area contributed by atoms with Crippen molar-refractivity contribution in [1.82, 2.24) is 10.3 Å². The zero-order valence-corrected chi connectivity index (χ0v) is 10.7. The van der Waals surface area contributed by atoms with E-state index in [9.17, 15) is 0 Å². The zero-order valence-electron chi connectivity index (χ0n) is 10.7. The molecule has 4 heteroatoms. The van der Waals surface area contributed by atoms with E-state index in [0.717, 1.165) is 42.2 Å². The molecule has 1 unspecified atom stereocenters. The van der Waals surface area contributed by atoms with Gasteiger partial charge in [-0.05, 0) is 37.6 Å². The van der Waals surface area contributed by atoms with Gasteiger partial charge in [0.05, 0.1) is 0 Å². The summed E-state index contributed by atoms with van der Waals surface area (Å²) in [6.07, 6.45) is 3.30. The Kier molecular flexibility index (Phi) is 3.19. The molecule has 3 rings (SSSR count). The quantitative estimate of drug-likeness (QED) is 0.872. The normalized spacial score (nSPS) is 20.2. The predicted octanol–water partition coefficient (Wildman–Crippen LogP) is 2.55. The number of hydrogen-bond donors (Lipinski definition) is 2. The molecule has 96 valence electrons. The van der Waals surface area contributed by atoms with Crippen molar-refractivity contribution < 1.29 is 4.42 Å². The maximum atomic E-state index is 5.61. The van der Waals surface area contributed by atoms with Gasteiger partial charge >= 0.3 is 0 Å². The highest BCUT2D eigenvalue weighted by Crippen LogP contribution is 2.21. The SMILES string of the molecule is CCc1nc2cc(NC3CCCNC3)ccc2o1. The maximum Gasteiger partial charge on any atom is 0.195 e. The van der Waals surface area contributed by atoms with Gasteiger partial charge in [-0.3, -0.25) is 0 Å². The number of nitrogens with one attached hydrogen (secondary N) is 2. The Labute approximate surface area is 107 Å². The van der Waals surface area contributed by atoms with Crippen LogP contribution in [0.4, 0.5) is 5.69 Å². The van der Waals surface area contributed by atoms with Crippen LogP contribution in [0.2, 0.25) is 0 Å². The Hall–Kier alpha value is -1.55. The summed E-state index contributed by atoms with van der Waals surface area (Å²) in [7, 11) is 0. The molecular weight excluding hydrogens is 226 g/mol. The van der Waals surface area contributed by atoms with Crippen LogP contribution in [0.15, 0.2) is 22.6 Å². The van der Waals surface area contributed by atoms with E-state index in [2.05, 4.69) is 34.7 Å². The Bertz CT molecular complexity index is 529. The minimum atomic E-state index is 0.522.